The quantitative estimate of drug-likeness (QED) is 0.720. The maximum Gasteiger partial charge on any atom is 0.261 e. The number of benzene rings is 2. The van der Waals surface area contributed by atoms with E-state index in [4.69, 9.17) is 9.47 Å². The van der Waals surface area contributed by atoms with Gasteiger partial charge in [-0.2, -0.15) is 4.31 Å². The highest BCUT2D eigenvalue weighted by Gasteiger charge is 2.32. The van der Waals surface area contributed by atoms with Gasteiger partial charge in [0.05, 0.1) is 19.1 Å². The minimum Gasteiger partial charge on any atom is -0.496 e. The molecule has 0 spiro atoms. The Morgan fingerprint density at radius 2 is 1.48 bits per heavy atom. The lowest BCUT2D eigenvalue weighted by Crippen LogP contribution is -2.50. The molecule has 0 radical (unpaired) electrons. The Balaban J connectivity index is 1.74. The van der Waals surface area contributed by atoms with Gasteiger partial charge < -0.3 is 14.4 Å². The summed E-state index contributed by atoms with van der Waals surface area (Å²) in [6, 6.07) is 12.1. The molecule has 2 aromatic carbocycles. The number of rotatable bonds is 6. The van der Waals surface area contributed by atoms with Gasteiger partial charge in [0, 0.05) is 26.2 Å². The number of sulfonamides is 1. The van der Waals surface area contributed by atoms with E-state index >= 15 is 0 Å². The van der Waals surface area contributed by atoms with E-state index < -0.39 is 10.0 Å². The van der Waals surface area contributed by atoms with Crippen molar-refractivity contribution in [1.29, 1.82) is 0 Å². The van der Waals surface area contributed by atoms with E-state index in [1.54, 1.807) is 35.2 Å². The van der Waals surface area contributed by atoms with E-state index in [1.165, 1.54) is 18.5 Å². The smallest absolute Gasteiger partial charge is 0.261 e. The summed E-state index contributed by atoms with van der Waals surface area (Å²) in [7, 11) is -0.581. The zero-order chi connectivity index (χ0) is 21.0. The number of carbonyl (C=O) groups is 1. The maximum absolute atomic E-state index is 13.1. The molecule has 0 unspecified atom stereocenters. The summed E-state index contributed by atoms with van der Waals surface area (Å²) in [6.45, 7) is 3.09. The summed E-state index contributed by atoms with van der Waals surface area (Å²) in [5.41, 5.74) is 1.44. The molecule has 0 N–H and O–H groups in total. The summed E-state index contributed by atoms with van der Waals surface area (Å²) in [6.07, 6.45) is 0.855. The van der Waals surface area contributed by atoms with Crippen LogP contribution in [0.15, 0.2) is 47.4 Å². The molecule has 2 aromatic rings. The summed E-state index contributed by atoms with van der Waals surface area (Å²) in [5, 5.41) is 0. The number of aryl methyl sites for hydroxylation is 1. The van der Waals surface area contributed by atoms with Gasteiger partial charge in [-0.3, -0.25) is 4.79 Å². The second-order valence-electron chi connectivity index (χ2n) is 6.73. The lowest BCUT2D eigenvalue weighted by Gasteiger charge is -2.34. The molecule has 29 heavy (non-hydrogen) atoms. The number of amides is 1. The van der Waals surface area contributed by atoms with Gasteiger partial charge in [-0.05, 0) is 36.2 Å². The fourth-order valence-electron chi connectivity index (χ4n) is 3.40. The van der Waals surface area contributed by atoms with Gasteiger partial charge in [0.2, 0.25) is 10.0 Å². The van der Waals surface area contributed by atoms with Crippen molar-refractivity contribution in [2.45, 2.75) is 18.2 Å². The highest BCUT2D eigenvalue weighted by Crippen LogP contribution is 2.30. The first kappa shape index (κ1) is 21.1. The Bertz CT molecular complexity index is 943. The van der Waals surface area contributed by atoms with Crippen LogP contribution in [0.3, 0.4) is 0 Å². The van der Waals surface area contributed by atoms with E-state index in [0.29, 0.717) is 30.2 Å². The average molecular weight is 419 g/mol. The molecule has 0 atom stereocenters. The van der Waals surface area contributed by atoms with Crippen molar-refractivity contribution in [2.24, 2.45) is 0 Å². The SMILES string of the molecule is CCc1ccc(S(=O)(=O)N2CCN(C(=O)c3c(OC)cccc3OC)CC2)cc1. The number of nitrogens with zero attached hydrogens (tertiary/aromatic N) is 2. The second kappa shape index (κ2) is 8.84. The number of carbonyl (C=O) groups excluding carboxylic acids is 1. The number of hydrogen-bond donors (Lipinski definition) is 0. The van der Waals surface area contributed by atoms with Crippen LogP contribution in [0, 0.1) is 0 Å². The van der Waals surface area contributed by atoms with Crippen LogP contribution in [0.5, 0.6) is 11.5 Å². The molecule has 1 heterocycles. The van der Waals surface area contributed by atoms with Crippen LogP contribution < -0.4 is 9.47 Å². The van der Waals surface area contributed by atoms with Gasteiger partial charge in [0.15, 0.2) is 0 Å². The highest BCUT2D eigenvalue weighted by atomic mass is 32.2. The van der Waals surface area contributed by atoms with Crippen molar-refractivity contribution < 1.29 is 22.7 Å². The lowest BCUT2D eigenvalue weighted by molar-refractivity contribution is 0.0691. The monoisotopic (exact) mass is 418 g/mol. The van der Waals surface area contributed by atoms with Crippen LogP contribution in [-0.2, 0) is 16.4 Å². The Morgan fingerprint density at radius 3 is 1.97 bits per heavy atom. The number of hydrogen-bond acceptors (Lipinski definition) is 5. The molecular formula is C21H26N2O5S. The van der Waals surface area contributed by atoms with Crippen LogP contribution in [0.4, 0.5) is 0 Å². The fraction of sp³-hybridized carbons (Fsp3) is 0.381. The van der Waals surface area contributed by atoms with E-state index in [9.17, 15) is 13.2 Å². The predicted octanol–water partition coefficient (Wildman–Crippen LogP) is 2.41. The molecule has 1 aliphatic rings. The van der Waals surface area contributed by atoms with Gasteiger partial charge in [-0.15, -0.1) is 0 Å². The zero-order valence-electron chi connectivity index (χ0n) is 16.9. The molecule has 7 nitrogen and oxygen atoms in total. The molecule has 0 saturated carbocycles. The molecule has 0 aliphatic carbocycles. The predicted molar refractivity (Wildman–Crippen MR) is 110 cm³/mol. The Kier molecular flexibility index (Phi) is 6.44. The van der Waals surface area contributed by atoms with Gasteiger partial charge >= 0.3 is 0 Å². The van der Waals surface area contributed by atoms with Crippen molar-refractivity contribution in [3.8, 4) is 11.5 Å². The first-order valence-corrected chi connectivity index (χ1v) is 11.0. The van der Waals surface area contributed by atoms with Crippen molar-refractivity contribution in [3.05, 3.63) is 53.6 Å². The molecular weight excluding hydrogens is 392 g/mol. The second-order valence-corrected chi connectivity index (χ2v) is 8.67. The van der Waals surface area contributed by atoms with Gasteiger partial charge in [-0.25, -0.2) is 8.42 Å². The van der Waals surface area contributed by atoms with E-state index in [2.05, 4.69) is 0 Å². The lowest BCUT2D eigenvalue weighted by atomic mass is 10.1. The van der Waals surface area contributed by atoms with Crippen molar-refractivity contribution >= 4 is 15.9 Å². The van der Waals surface area contributed by atoms with Gasteiger partial charge in [-0.1, -0.05) is 25.1 Å². The third kappa shape index (κ3) is 4.23. The minimum absolute atomic E-state index is 0.233. The summed E-state index contributed by atoms with van der Waals surface area (Å²) in [4.78, 5) is 15.0. The van der Waals surface area contributed by atoms with E-state index in [0.717, 1.165) is 12.0 Å². The van der Waals surface area contributed by atoms with Crippen LogP contribution in [0.25, 0.3) is 0 Å². The first-order valence-electron chi connectivity index (χ1n) is 9.51. The third-order valence-corrected chi connectivity index (χ3v) is 7.05. The molecule has 156 valence electrons. The molecule has 8 heteroatoms. The minimum atomic E-state index is -3.58. The third-order valence-electron chi connectivity index (χ3n) is 5.14. The Morgan fingerprint density at radius 1 is 0.931 bits per heavy atom. The molecule has 1 aliphatic heterocycles. The highest BCUT2D eigenvalue weighted by molar-refractivity contribution is 7.89. The average Bonchev–Trinajstić information content (AvgIpc) is 2.78. The molecule has 1 amide bonds. The molecule has 0 aromatic heterocycles. The van der Waals surface area contributed by atoms with Crippen LogP contribution in [-0.4, -0.2) is 63.9 Å². The molecule has 0 bridgehead atoms. The normalized spacial score (nSPS) is 15.2. The van der Waals surface area contributed by atoms with Crippen LogP contribution >= 0.6 is 0 Å². The number of piperazine rings is 1. The zero-order valence-corrected chi connectivity index (χ0v) is 17.7. The van der Waals surface area contributed by atoms with Crippen LogP contribution in [0.2, 0.25) is 0 Å². The molecule has 3 rings (SSSR count). The Hall–Kier alpha value is -2.58. The molecule has 1 saturated heterocycles. The van der Waals surface area contributed by atoms with Crippen molar-refractivity contribution in [1.82, 2.24) is 9.21 Å². The molecule has 1 fully saturated rings. The van der Waals surface area contributed by atoms with Crippen molar-refractivity contribution in [3.63, 3.8) is 0 Å². The van der Waals surface area contributed by atoms with E-state index in [-0.39, 0.29) is 23.9 Å². The first-order chi connectivity index (χ1) is 13.9. The fourth-order valence-corrected chi connectivity index (χ4v) is 4.82. The van der Waals surface area contributed by atoms with Gasteiger partial charge in [0.1, 0.15) is 17.1 Å². The largest absolute Gasteiger partial charge is 0.496 e. The van der Waals surface area contributed by atoms with E-state index in [1.807, 2.05) is 19.1 Å². The standard InChI is InChI=1S/C21H26N2O5S/c1-4-16-8-10-17(11-9-16)29(25,26)23-14-12-22(13-15-23)21(24)20-18(27-2)6-5-7-19(20)28-3/h5-11H,4,12-15H2,1-3H3. The van der Waals surface area contributed by atoms with Crippen molar-refractivity contribution in [2.75, 3.05) is 40.4 Å². The number of methoxy groups -OCH3 is 2. The summed E-state index contributed by atoms with van der Waals surface area (Å²) < 4.78 is 37.9. The Labute approximate surface area is 171 Å². The summed E-state index contributed by atoms with van der Waals surface area (Å²) in [5.74, 6) is 0.629. The topological polar surface area (TPSA) is 76.2 Å². The van der Waals surface area contributed by atoms with Crippen LogP contribution in [0.1, 0.15) is 22.8 Å². The maximum atomic E-state index is 13.1. The van der Waals surface area contributed by atoms with Gasteiger partial charge in [0.25, 0.3) is 5.91 Å². The summed E-state index contributed by atoms with van der Waals surface area (Å²) >= 11 is 0. The number of ether oxygens (including phenoxy) is 2.